The number of carbonyl (C=O) groups excluding carboxylic acids is 2. The van der Waals surface area contributed by atoms with Crippen LogP contribution >= 0.6 is 0 Å². The Morgan fingerprint density at radius 2 is 1.75 bits per heavy atom. The van der Waals surface area contributed by atoms with E-state index in [1.54, 1.807) is 18.2 Å². The van der Waals surface area contributed by atoms with E-state index in [-0.39, 0.29) is 36.6 Å². The van der Waals surface area contributed by atoms with Crippen molar-refractivity contribution in [3.05, 3.63) is 68.6 Å². The molecule has 1 aliphatic rings. The van der Waals surface area contributed by atoms with E-state index < -0.39 is 44.6 Å². The van der Waals surface area contributed by atoms with Crippen molar-refractivity contribution in [2.75, 3.05) is 33.3 Å². The van der Waals surface area contributed by atoms with Gasteiger partial charge in [0.1, 0.15) is 6.54 Å². The molecule has 12 nitrogen and oxygen atoms in total. The van der Waals surface area contributed by atoms with Gasteiger partial charge >= 0.3 is 17.2 Å². The lowest BCUT2D eigenvalue weighted by atomic mass is 10.2. The molecule has 1 aromatic carbocycles. The standard InChI is InChI=1S/C19H20N4O8S/c1-31-19(26)14-11-16(23(27)28)18(25)21(12-14)13-17(24)20-7-9-22(10-8-20)32(29,30)15-5-3-2-4-6-15/h2-6,11-12H,7-10,13H2,1H3. The summed E-state index contributed by atoms with van der Waals surface area (Å²) in [5.41, 5.74) is -2.15. The molecule has 170 valence electrons. The minimum absolute atomic E-state index is 0.0558. The van der Waals surface area contributed by atoms with Gasteiger partial charge in [0.05, 0.1) is 22.5 Å². The number of carbonyl (C=O) groups is 2. The molecule has 0 atom stereocenters. The van der Waals surface area contributed by atoms with E-state index in [0.717, 1.165) is 23.9 Å². The molecular weight excluding hydrogens is 444 g/mol. The topological polar surface area (TPSA) is 149 Å². The lowest BCUT2D eigenvalue weighted by Gasteiger charge is -2.34. The number of hydrogen-bond donors (Lipinski definition) is 0. The van der Waals surface area contributed by atoms with Crippen LogP contribution in [0.25, 0.3) is 0 Å². The van der Waals surface area contributed by atoms with Crippen molar-refractivity contribution in [1.29, 1.82) is 0 Å². The molecule has 1 saturated heterocycles. The molecule has 2 heterocycles. The van der Waals surface area contributed by atoms with E-state index in [2.05, 4.69) is 4.74 Å². The molecule has 0 unspecified atom stereocenters. The Bertz CT molecular complexity index is 1200. The molecule has 0 spiro atoms. The lowest BCUT2D eigenvalue weighted by Crippen LogP contribution is -2.51. The number of methoxy groups -OCH3 is 1. The maximum Gasteiger partial charge on any atom is 0.339 e. The van der Waals surface area contributed by atoms with E-state index in [0.29, 0.717) is 0 Å². The van der Waals surface area contributed by atoms with Crippen LogP contribution in [0.2, 0.25) is 0 Å². The number of benzene rings is 1. The van der Waals surface area contributed by atoms with Gasteiger partial charge in [-0.2, -0.15) is 4.31 Å². The number of pyridine rings is 1. The van der Waals surface area contributed by atoms with Crippen LogP contribution in [-0.4, -0.2) is 72.3 Å². The van der Waals surface area contributed by atoms with Gasteiger partial charge in [-0.3, -0.25) is 24.3 Å². The molecule has 1 fully saturated rings. The van der Waals surface area contributed by atoms with Gasteiger partial charge in [-0.25, -0.2) is 13.2 Å². The van der Waals surface area contributed by atoms with Crippen molar-refractivity contribution in [2.24, 2.45) is 0 Å². The highest BCUT2D eigenvalue weighted by atomic mass is 32.2. The van der Waals surface area contributed by atoms with Crippen molar-refractivity contribution >= 4 is 27.6 Å². The zero-order chi connectivity index (χ0) is 23.5. The van der Waals surface area contributed by atoms with E-state index in [4.69, 9.17) is 0 Å². The average Bonchev–Trinajstić information content (AvgIpc) is 2.80. The van der Waals surface area contributed by atoms with Crippen molar-refractivity contribution < 1.29 is 27.7 Å². The molecular formula is C19H20N4O8S. The Balaban J connectivity index is 1.74. The van der Waals surface area contributed by atoms with Crippen molar-refractivity contribution in [3.8, 4) is 0 Å². The molecule has 0 bridgehead atoms. The second-order valence-electron chi connectivity index (χ2n) is 6.89. The zero-order valence-electron chi connectivity index (χ0n) is 17.0. The van der Waals surface area contributed by atoms with Gasteiger partial charge in [0.2, 0.25) is 15.9 Å². The second kappa shape index (κ2) is 9.28. The summed E-state index contributed by atoms with van der Waals surface area (Å²) >= 11 is 0. The Kier molecular flexibility index (Phi) is 6.69. The van der Waals surface area contributed by atoms with Gasteiger partial charge in [-0.15, -0.1) is 0 Å². The van der Waals surface area contributed by atoms with Gasteiger partial charge in [0.25, 0.3) is 0 Å². The maximum atomic E-state index is 12.7. The summed E-state index contributed by atoms with van der Waals surface area (Å²) in [6, 6.07) is 8.71. The van der Waals surface area contributed by atoms with Crippen molar-refractivity contribution in [2.45, 2.75) is 11.4 Å². The minimum Gasteiger partial charge on any atom is -0.465 e. The third-order valence-electron chi connectivity index (χ3n) is 4.96. The van der Waals surface area contributed by atoms with Crippen LogP contribution in [-0.2, 0) is 26.1 Å². The molecule has 32 heavy (non-hydrogen) atoms. The molecule has 1 amide bonds. The fourth-order valence-corrected chi connectivity index (χ4v) is 4.71. The quantitative estimate of drug-likeness (QED) is 0.331. The summed E-state index contributed by atoms with van der Waals surface area (Å²) in [5.74, 6) is -1.44. The highest BCUT2D eigenvalue weighted by molar-refractivity contribution is 7.89. The summed E-state index contributed by atoms with van der Waals surface area (Å²) in [4.78, 5) is 48.5. The van der Waals surface area contributed by atoms with Crippen LogP contribution in [0.5, 0.6) is 0 Å². The number of piperazine rings is 1. The number of nitrogens with zero attached hydrogens (tertiary/aromatic N) is 4. The van der Waals surface area contributed by atoms with Gasteiger partial charge in [-0.05, 0) is 12.1 Å². The van der Waals surface area contributed by atoms with E-state index in [1.807, 2.05) is 0 Å². The van der Waals surface area contributed by atoms with Gasteiger partial charge < -0.3 is 9.64 Å². The summed E-state index contributed by atoms with van der Waals surface area (Å²) < 4.78 is 32.0. The Labute approximate surface area is 182 Å². The number of amides is 1. The van der Waals surface area contributed by atoms with Crippen LogP contribution < -0.4 is 5.56 Å². The van der Waals surface area contributed by atoms with Crippen molar-refractivity contribution in [1.82, 2.24) is 13.8 Å². The Hall–Kier alpha value is -3.58. The minimum atomic E-state index is -3.70. The predicted octanol–water partition coefficient (Wildman–Crippen LogP) is 0.0762. The first-order valence-electron chi connectivity index (χ1n) is 9.45. The maximum absolute atomic E-state index is 12.7. The molecule has 3 rings (SSSR count). The molecule has 13 heteroatoms. The number of ether oxygens (including phenoxy) is 1. The number of esters is 1. The molecule has 0 radical (unpaired) electrons. The first kappa shape index (κ1) is 23.1. The highest BCUT2D eigenvalue weighted by Gasteiger charge is 2.30. The smallest absolute Gasteiger partial charge is 0.339 e. The third-order valence-corrected chi connectivity index (χ3v) is 6.88. The van der Waals surface area contributed by atoms with Gasteiger partial charge in [0, 0.05) is 38.4 Å². The number of rotatable bonds is 6. The molecule has 0 N–H and O–H groups in total. The predicted molar refractivity (Wildman–Crippen MR) is 110 cm³/mol. The molecule has 1 aromatic heterocycles. The van der Waals surface area contributed by atoms with Gasteiger partial charge in [0.15, 0.2) is 0 Å². The molecule has 0 aliphatic carbocycles. The Morgan fingerprint density at radius 3 is 2.31 bits per heavy atom. The van der Waals surface area contributed by atoms with Crippen LogP contribution in [0.3, 0.4) is 0 Å². The molecule has 1 aliphatic heterocycles. The molecule has 2 aromatic rings. The summed E-state index contributed by atoms with van der Waals surface area (Å²) in [7, 11) is -2.62. The zero-order valence-corrected chi connectivity index (χ0v) is 17.9. The third kappa shape index (κ3) is 4.68. The highest BCUT2D eigenvalue weighted by Crippen LogP contribution is 2.17. The van der Waals surface area contributed by atoms with Gasteiger partial charge in [-0.1, -0.05) is 18.2 Å². The fraction of sp³-hybridized carbons (Fsp3) is 0.316. The number of hydrogen-bond acceptors (Lipinski definition) is 8. The van der Waals surface area contributed by atoms with E-state index >= 15 is 0 Å². The normalized spacial score (nSPS) is 14.7. The van der Waals surface area contributed by atoms with E-state index in [1.165, 1.54) is 21.3 Å². The monoisotopic (exact) mass is 464 g/mol. The summed E-state index contributed by atoms with van der Waals surface area (Å²) in [5, 5.41) is 11.2. The Morgan fingerprint density at radius 1 is 1.12 bits per heavy atom. The van der Waals surface area contributed by atoms with Crippen LogP contribution in [0.4, 0.5) is 5.69 Å². The number of aromatic nitrogens is 1. The first-order valence-corrected chi connectivity index (χ1v) is 10.9. The SMILES string of the molecule is COC(=O)c1cc([N+](=O)[O-])c(=O)n(CC(=O)N2CCN(S(=O)(=O)c3ccccc3)CC2)c1. The average molecular weight is 464 g/mol. The van der Waals surface area contributed by atoms with E-state index in [9.17, 15) is 32.9 Å². The fourth-order valence-electron chi connectivity index (χ4n) is 3.26. The second-order valence-corrected chi connectivity index (χ2v) is 8.83. The first-order chi connectivity index (χ1) is 15.1. The number of sulfonamides is 1. The number of nitro groups is 1. The van der Waals surface area contributed by atoms with Crippen molar-refractivity contribution in [3.63, 3.8) is 0 Å². The van der Waals surface area contributed by atoms with Crippen LogP contribution in [0.1, 0.15) is 10.4 Å². The largest absolute Gasteiger partial charge is 0.465 e. The lowest BCUT2D eigenvalue weighted by molar-refractivity contribution is -0.386. The molecule has 0 saturated carbocycles. The van der Waals surface area contributed by atoms with Crippen LogP contribution in [0, 0.1) is 10.1 Å². The van der Waals surface area contributed by atoms with Crippen LogP contribution in [0.15, 0.2) is 52.3 Å². The summed E-state index contributed by atoms with van der Waals surface area (Å²) in [6.07, 6.45) is 1.02. The summed E-state index contributed by atoms with van der Waals surface area (Å²) in [6.45, 7) is -0.271.